The summed E-state index contributed by atoms with van der Waals surface area (Å²) in [7, 11) is 1.64. The Kier molecular flexibility index (Phi) is 7.05. The molecule has 0 spiro atoms. The van der Waals surface area contributed by atoms with Crippen LogP contribution >= 0.6 is 24.2 Å². The Labute approximate surface area is 124 Å². The van der Waals surface area contributed by atoms with Crippen molar-refractivity contribution in [3.8, 4) is 5.75 Å². The number of halogens is 1. The maximum absolute atomic E-state index is 11.7. The number of ether oxygens (including phenoxy) is 1. The first-order chi connectivity index (χ1) is 8.78. The van der Waals surface area contributed by atoms with Gasteiger partial charge in [-0.05, 0) is 37.2 Å². The van der Waals surface area contributed by atoms with E-state index in [2.05, 4.69) is 10.6 Å². The molecule has 0 aliphatic carbocycles. The normalized spacial score (nSPS) is 17.6. The largest absolute Gasteiger partial charge is 0.497 e. The molecule has 6 heteroatoms. The smallest absolute Gasteiger partial charge is 0.230 e. The number of benzene rings is 1. The standard InChI is InChI=1S/C13H18N2O2S.ClH/c1-17-11-2-4-12(5-3-11)18-9-13(16)15-10-6-7-14-8-10;/h2-5,10,14H,6-9H2,1H3,(H,15,16);1H. The van der Waals surface area contributed by atoms with Crippen LogP contribution < -0.4 is 15.4 Å². The van der Waals surface area contributed by atoms with Gasteiger partial charge in [-0.25, -0.2) is 0 Å². The van der Waals surface area contributed by atoms with Gasteiger partial charge >= 0.3 is 0 Å². The van der Waals surface area contributed by atoms with Crippen molar-refractivity contribution in [3.05, 3.63) is 24.3 Å². The van der Waals surface area contributed by atoms with Crippen molar-refractivity contribution in [1.29, 1.82) is 0 Å². The number of carbonyl (C=O) groups is 1. The van der Waals surface area contributed by atoms with Crippen molar-refractivity contribution in [1.82, 2.24) is 10.6 Å². The zero-order chi connectivity index (χ0) is 12.8. The van der Waals surface area contributed by atoms with E-state index in [9.17, 15) is 4.79 Å². The third-order valence-electron chi connectivity index (χ3n) is 2.85. The molecule has 0 saturated carbocycles. The lowest BCUT2D eigenvalue weighted by Crippen LogP contribution is -2.37. The zero-order valence-corrected chi connectivity index (χ0v) is 12.5. The highest BCUT2D eigenvalue weighted by Gasteiger charge is 2.16. The van der Waals surface area contributed by atoms with Crippen molar-refractivity contribution in [2.75, 3.05) is 26.0 Å². The second-order valence-electron chi connectivity index (χ2n) is 4.22. The predicted octanol–water partition coefficient (Wildman–Crippen LogP) is 1.69. The molecule has 2 rings (SSSR count). The van der Waals surface area contributed by atoms with Crippen LogP contribution in [0.15, 0.2) is 29.2 Å². The van der Waals surface area contributed by atoms with Gasteiger partial charge in [0.1, 0.15) is 5.75 Å². The molecule has 2 N–H and O–H groups in total. The monoisotopic (exact) mass is 302 g/mol. The fourth-order valence-electron chi connectivity index (χ4n) is 1.87. The Bertz CT molecular complexity index is 394. The SMILES string of the molecule is COc1ccc(SCC(=O)NC2CCNC2)cc1.Cl. The Morgan fingerprint density at radius 3 is 2.79 bits per heavy atom. The van der Waals surface area contributed by atoms with Crippen molar-refractivity contribution >= 4 is 30.1 Å². The van der Waals surface area contributed by atoms with Crippen molar-refractivity contribution < 1.29 is 9.53 Å². The van der Waals surface area contributed by atoms with Crippen LogP contribution in [0.3, 0.4) is 0 Å². The fraction of sp³-hybridized carbons (Fsp3) is 0.462. The van der Waals surface area contributed by atoms with Crippen LogP contribution in [0.5, 0.6) is 5.75 Å². The third kappa shape index (κ3) is 5.30. The molecular formula is C13H19ClN2O2S. The van der Waals surface area contributed by atoms with Crippen LogP contribution in [0.25, 0.3) is 0 Å². The zero-order valence-electron chi connectivity index (χ0n) is 10.8. The molecule has 0 radical (unpaired) electrons. The van der Waals surface area contributed by atoms with E-state index in [-0.39, 0.29) is 18.3 Å². The van der Waals surface area contributed by atoms with Crippen LogP contribution in [0.2, 0.25) is 0 Å². The number of hydrogen-bond acceptors (Lipinski definition) is 4. The molecule has 0 bridgehead atoms. The number of amides is 1. The molecule has 1 aliphatic rings. The summed E-state index contributed by atoms with van der Waals surface area (Å²) in [5, 5.41) is 6.25. The summed E-state index contributed by atoms with van der Waals surface area (Å²) in [6, 6.07) is 8.04. The summed E-state index contributed by atoms with van der Waals surface area (Å²) >= 11 is 1.54. The molecule has 1 aromatic rings. The molecule has 1 atom stereocenters. The van der Waals surface area contributed by atoms with E-state index >= 15 is 0 Å². The first-order valence-electron chi connectivity index (χ1n) is 6.05. The van der Waals surface area contributed by atoms with Gasteiger partial charge in [-0.15, -0.1) is 24.2 Å². The Balaban J connectivity index is 0.00000180. The first kappa shape index (κ1) is 16.1. The van der Waals surface area contributed by atoms with Gasteiger partial charge in [0.2, 0.25) is 5.91 Å². The average molecular weight is 303 g/mol. The van der Waals surface area contributed by atoms with E-state index in [1.165, 1.54) is 0 Å². The lowest BCUT2D eigenvalue weighted by Gasteiger charge is -2.10. The first-order valence-corrected chi connectivity index (χ1v) is 7.03. The van der Waals surface area contributed by atoms with Crippen LogP contribution in [0.4, 0.5) is 0 Å². The van der Waals surface area contributed by atoms with E-state index in [0.29, 0.717) is 11.8 Å². The van der Waals surface area contributed by atoms with Gasteiger partial charge < -0.3 is 15.4 Å². The van der Waals surface area contributed by atoms with Crippen molar-refractivity contribution in [2.24, 2.45) is 0 Å². The van der Waals surface area contributed by atoms with Crippen LogP contribution in [-0.2, 0) is 4.79 Å². The molecule has 0 aromatic heterocycles. The van der Waals surface area contributed by atoms with Crippen molar-refractivity contribution in [3.63, 3.8) is 0 Å². The summed E-state index contributed by atoms with van der Waals surface area (Å²) in [5.74, 6) is 1.40. The van der Waals surface area contributed by atoms with E-state index in [4.69, 9.17) is 4.74 Å². The molecule has 1 unspecified atom stereocenters. The predicted molar refractivity (Wildman–Crippen MR) is 80.4 cm³/mol. The number of hydrogen-bond donors (Lipinski definition) is 2. The fourth-order valence-corrected chi connectivity index (χ4v) is 2.58. The molecule has 106 valence electrons. The lowest BCUT2D eigenvalue weighted by molar-refractivity contribution is -0.119. The van der Waals surface area contributed by atoms with Gasteiger partial charge in [0.25, 0.3) is 0 Å². The summed E-state index contributed by atoms with van der Waals surface area (Å²) in [6.07, 6.45) is 1.03. The summed E-state index contributed by atoms with van der Waals surface area (Å²) < 4.78 is 5.09. The molecule has 1 fully saturated rings. The molecule has 4 nitrogen and oxygen atoms in total. The van der Waals surface area contributed by atoms with E-state index in [0.717, 1.165) is 30.2 Å². The number of carbonyl (C=O) groups excluding carboxylic acids is 1. The second kappa shape index (κ2) is 8.30. The van der Waals surface area contributed by atoms with E-state index < -0.39 is 0 Å². The Morgan fingerprint density at radius 1 is 1.47 bits per heavy atom. The van der Waals surface area contributed by atoms with Gasteiger partial charge in [-0.1, -0.05) is 0 Å². The van der Waals surface area contributed by atoms with Gasteiger partial charge in [-0.2, -0.15) is 0 Å². The van der Waals surface area contributed by atoms with E-state index in [1.54, 1.807) is 18.9 Å². The quantitative estimate of drug-likeness (QED) is 0.813. The molecule has 1 aromatic carbocycles. The third-order valence-corrected chi connectivity index (χ3v) is 3.87. The Hall–Kier alpha value is -0.910. The Morgan fingerprint density at radius 2 is 2.21 bits per heavy atom. The maximum atomic E-state index is 11.7. The number of nitrogens with one attached hydrogen (secondary N) is 2. The summed E-state index contributed by atoms with van der Waals surface area (Å²) in [6.45, 7) is 1.88. The molecule has 1 aliphatic heterocycles. The van der Waals surface area contributed by atoms with Crippen LogP contribution in [-0.4, -0.2) is 37.9 Å². The van der Waals surface area contributed by atoms with Crippen LogP contribution in [0, 0.1) is 0 Å². The summed E-state index contributed by atoms with van der Waals surface area (Å²) in [4.78, 5) is 12.8. The molecule has 19 heavy (non-hydrogen) atoms. The minimum absolute atomic E-state index is 0. The van der Waals surface area contributed by atoms with Crippen LogP contribution in [0.1, 0.15) is 6.42 Å². The number of thioether (sulfide) groups is 1. The molecular weight excluding hydrogens is 284 g/mol. The highest BCUT2D eigenvalue weighted by molar-refractivity contribution is 8.00. The second-order valence-corrected chi connectivity index (χ2v) is 5.27. The molecule has 1 saturated heterocycles. The molecule has 1 amide bonds. The van der Waals surface area contributed by atoms with Gasteiger partial charge in [0.15, 0.2) is 0 Å². The van der Waals surface area contributed by atoms with Gasteiger partial charge in [-0.3, -0.25) is 4.79 Å². The lowest BCUT2D eigenvalue weighted by atomic mass is 10.3. The van der Waals surface area contributed by atoms with Gasteiger partial charge in [0, 0.05) is 17.5 Å². The minimum atomic E-state index is 0. The van der Waals surface area contributed by atoms with E-state index in [1.807, 2.05) is 24.3 Å². The summed E-state index contributed by atoms with van der Waals surface area (Å²) in [5.41, 5.74) is 0. The number of methoxy groups -OCH3 is 1. The van der Waals surface area contributed by atoms with Gasteiger partial charge in [0.05, 0.1) is 12.9 Å². The maximum Gasteiger partial charge on any atom is 0.230 e. The highest BCUT2D eigenvalue weighted by atomic mass is 35.5. The number of rotatable bonds is 5. The minimum Gasteiger partial charge on any atom is -0.497 e. The topological polar surface area (TPSA) is 50.4 Å². The molecule has 1 heterocycles. The average Bonchev–Trinajstić information content (AvgIpc) is 2.90. The highest BCUT2D eigenvalue weighted by Crippen LogP contribution is 2.20. The van der Waals surface area contributed by atoms with Crippen molar-refractivity contribution in [2.45, 2.75) is 17.4 Å².